The normalized spacial score (nSPS) is 23.3. The van der Waals surface area contributed by atoms with Gasteiger partial charge in [-0.1, -0.05) is 58.9 Å². The Balaban J connectivity index is 1.58. The van der Waals surface area contributed by atoms with Gasteiger partial charge in [0.1, 0.15) is 5.60 Å². The van der Waals surface area contributed by atoms with Crippen molar-refractivity contribution in [3.05, 3.63) is 16.7 Å². The lowest BCUT2D eigenvalue weighted by molar-refractivity contribution is 0.105. The van der Waals surface area contributed by atoms with Gasteiger partial charge in [-0.25, -0.2) is 0 Å². The van der Waals surface area contributed by atoms with E-state index in [1.54, 1.807) is 15.6 Å². The second-order valence-corrected chi connectivity index (χ2v) is 59.4. The van der Waals surface area contributed by atoms with Gasteiger partial charge in [0.15, 0.2) is 0 Å². The fourth-order valence-corrected chi connectivity index (χ4v) is 38.9. The molecule has 62 heavy (non-hydrogen) atoms. The number of hydrogen-bond acceptors (Lipinski definition) is 13. The third-order valence-corrected chi connectivity index (χ3v) is 35.6. The van der Waals surface area contributed by atoms with Crippen molar-refractivity contribution in [3.8, 4) is 0 Å². The maximum Gasteiger partial charge on any atom is 0.147 e. The standard InChI is InChI=1S/C46H64OS12Si3/c1-40(2)48-25-22(26-32(55-41(3,4)49-26)37(31(25)54-40)60(13,14)15)46(47,23-27-33(56-42(5,6)50-27)38(61(16,17)18)34-28(23)51-43(7,8)57-34)24-29-35(58-44(9,10)52-29)39(62(19,20)21)36-30(24)53-45(11,12)59-36/h47H,1-21H3. The summed E-state index contributed by atoms with van der Waals surface area (Å²) in [6.07, 6.45) is 0. The van der Waals surface area contributed by atoms with Gasteiger partial charge >= 0.3 is 0 Å². The van der Waals surface area contributed by atoms with Gasteiger partial charge in [0.05, 0.1) is 48.7 Å². The van der Waals surface area contributed by atoms with Gasteiger partial charge in [0.25, 0.3) is 0 Å². The van der Waals surface area contributed by atoms with Crippen LogP contribution in [-0.4, -0.2) is 53.8 Å². The van der Waals surface area contributed by atoms with E-state index in [-0.39, 0.29) is 24.5 Å². The van der Waals surface area contributed by atoms with E-state index in [1.807, 2.05) is 70.6 Å². The molecule has 0 fully saturated rings. The topological polar surface area (TPSA) is 20.2 Å². The van der Waals surface area contributed by atoms with Crippen molar-refractivity contribution in [1.29, 1.82) is 0 Å². The summed E-state index contributed by atoms with van der Waals surface area (Å²) in [5.74, 6) is 0. The van der Waals surface area contributed by atoms with E-state index in [1.165, 1.54) is 75.4 Å². The number of benzene rings is 3. The lowest BCUT2D eigenvalue weighted by atomic mass is 9.79. The van der Waals surface area contributed by atoms with Gasteiger partial charge < -0.3 is 5.11 Å². The van der Waals surface area contributed by atoms with E-state index in [2.05, 4.69) is 213 Å². The molecule has 3 aromatic carbocycles. The SMILES string of the molecule is CC1(C)Sc2c(c([Si](C)(C)C)c3c(c2C(O)(c2c4c(c([Si](C)(C)C)c5c2SC(C)(C)S5)SC(C)(C)S4)c2c4c(c([Si](C)(C)C)c5c2SC(C)(C)S5)SC(C)(C)S4)SC(C)(C)S3)S1. The second kappa shape index (κ2) is 15.0. The molecule has 0 unspecified atom stereocenters. The van der Waals surface area contributed by atoms with Gasteiger partial charge in [-0.3, -0.25) is 0 Å². The maximum absolute atomic E-state index is 16.0. The summed E-state index contributed by atoms with van der Waals surface area (Å²) in [6.45, 7) is 52.2. The molecule has 0 saturated carbocycles. The first-order valence-corrected chi connectivity index (χ1v) is 41.9. The first-order chi connectivity index (χ1) is 27.9. The molecule has 0 aromatic heterocycles. The fraction of sp³-hybridized carbons (Fsp3) is 0.609. The van der Waals surface area contributed by atoms with Crippen LogP contribution in [0, 0.1) is 0 Å². The molecule has 6 aliphatic heterocycles. The van der Waals surface area contributed by atoms with Crippen molar-refractivity contribution in [2.75, 3.05) is 0 Å². The maximum atomic E-state index is 16.0. The van der Waals surface area contributed by atoms with Crippen LogP contribution in [0.3, 0.4) is 0 Å². The minimum absolute atomic E-state index is 0.0676. The van der Waals surface area contributed by atoms with Crippen LogP contribution in [0.1, 0.15) is 99.8 Å². The van der Waals surface area contributed by atoms with Crippen LogP contribution in [0.5, 0.6) is 0 Å². The Hall–Kier alpha value is 2.47. The Morgan fingerprint density at radius 1 is 0.274 bits per heavy atom. The zero-order valence-corrected chi connectivity index (χ0v) is 53.1. The van der Waals surface area contributed by atoms with Crippen LogP contribution in [0.4, 0.5) is 0 Å². The highest BCUT2D eigenvalue weighted by molar-refractivity contribution is 8.23. The zero-order chi connectivity index (χ0) is 45.9. The van der Waals surface area contributed by atoms with E-state index < -0.39 is 29.8 Å². The van der Waals surface area contributed by atoms with Crippen LogP contribution >= 0.6 is 141 Å². The second-order valence-electron chi connectivity index (χ2n) is 23.3. The molecule has 1 N–H and O–H groups in total. The number of aliphatic hydroxyl groups is 1. The highest BCUT2D eigenvalue weighted by Crippen LogP contribution is 2.74. The Morgan fingerprint density at radius 2 is 0.403 bits per heavy atom. The first-order valence-electron chi connectivity index (χ1n) is 21.6. The summed E-state index contributed by atoms with van der Waals surface area (Å²) in [5, 5.41) is 20.9. The van der Waals surface area contributed by atoms with Crippen LogP contribution in [0.25, 0.3) is 0 Å². The van der Waals surface area contributed by atoms with Gasteiger partial charge in [-0.2, -0.15) is 0 Å². The molecular weight excluding hydrogens is 1040 g/mol. The van der Waals surface area contributed by atoms with Crippen LogP contribution in [0.15, 0.2) is 58.7 Å². The van der Waals surface area contributed by atoms with Gasteiger partial charge in [0.2, 0.25) is 0 Å². The molecule has 0 aliphatic carbocycles. The molecule has 0 spiro atoms. The van der Waals surface area contributed by atoms with Crippen molar-refractivity contribution < 1.29 is 5.11 Å². The smallest absolute Gasteiger partial charge is 0.147 e. The Morgan fingerprint density at radius 3 is 0.532 bits per heavy atom. The summed E-state index contributed by atoms with van der Waals surface area (Å²) in [4.78, 5) is 16.9. The molecule has 1 nitrogen and oxygen atoms in total. The van der Waals surface area contributed by atoms with E-state index >= 15 is 5.11 Å². The summed E-state index contributed by atoms with van der Waals surface area (Å²) < 4.78 is -0.405. The lowest BCUT2D eigenvalue weighted by Crippen LogP contribution is -2.44. The van der Waals surface area contributed by atoms with Gasteiger partial charge in [-0.15, -0.1) is 141 Å². The van der Waals surface area contributed by atoms with Gasteiger partial charge in [-0.05, 0) is 98.6 Å². The highest BCUT2D eigenvalue weighted by Gasteiger charge is 2.59. The van der Waals surface area contributed by atoms with Crippen LogP contribution in [0.2, 0.25) is 58.9 Å². The minimum Gasteiger partial charge on any atom is -0.376 e. The van der Waals surface area contributed by atoms with E-state index in [0.717, 1.165) is 0 Å². The summed E-state index contributed by atoms with van der Waals surface area (Å²) in [7, 11) is -5.65. The quantitative estimate of drug-likeness (QED) is 0.187. The molecule has 0 amide bonds. The third kappa shape index (κ3) is 8.12. The highest BCUT2D eigenvalue weighted by atomic mass is 32.2. The number of rotatable bonds is 6. The average molecular weight is 1100 g/mol. The molecule has 3 aromatic rings. The summed E-state index contributed by atoms with van der Waals surface area (Å²) in [5.41, 5.74) is 2.16. The van der Waals surface area contributed by atoms with E-state index in [0.29, 0.717) is 0 Å². The fourth-order valence-electron chi connectivity index (χ4n) is 9.63. The first kappa shape index (κ1) is 49.5. The molecule has 6 heterocycles. The Labute approximate surface area is 428 Å². The van der Waals surface area contributed by atoms with Crippen LogP contribution in [-0.2, 0) is 5.60 Å². The van der Waals surface area contributed by atoms with Crippen molar-refractivity contribution in [1.82, 2.24) is 0 Å². The summed E-state index contributed by atoms with van der Waals surface area (Å²) in [6, 6.07) is 0. The average Bonchev–Trinajstić information content (AvgIpc) is 3.83. The van der Waals surface area contributed by atoms with Crippen molar-refractivity contribution in [2.45, 2.75) is 231 Å². The molecular formula is C46H64OS12Si3. The molecule has 0 bridgehead atoms. The molecule has 0 atom stereocenters. The number of hydrogen-bond donors (Lipinski definition) is 1. The molecule has 16 heteroatoms. The van der Waals surface area contributed by atoms with E-state index in [4.69, 9.17) is 0 Å². The Kier molecular flexibility index (Phi) is 12.0. The van der Waals surface area contributed by atoms with Crippen LogP contribution < -0.4 is 15.6 Å². The number of fused-ring (bicyclic) bond motifs is 6. The minimum atomic E-state index is -1.88. The molecule has 6 aliphatic rings. The summed E-state index contributed by atoms with van der Waals surface area (Å²) >= 11 is 24.8. The largest absolute Gasteiger partial charge is 0.376 e. The predicted molar refractivity (Wildman–Crippen MR) is 305 cm³/mol. The molecule has 9 rings (SSSR count). The van der Waals surface area contributed by atoms with E-state index in [9.17, 15) is 0 Å². The van der Waals surface area contributed by atoms with Crippen molar-refractivity contribution in [2.24, 2.45) is 0 Å². The van der Waals surface area contributed by atoms with Gasteiger partial charge in [0, 0.05) is 75.4 Å². The van der Waals surface area contributed by atoms with Crippen molar-refractivity contribution >= 4 is 181 Å². The predicted octanol–water partition coefficient (Wildman–Crippen LogP) is 17.2. The monoisotopic (exact) mass is 1100 g/mol. The third-order valence-electron chi connectivity index (χ3n) is 11.5. The van der Waals surface area contributed by atoms with Crippen molar-refractivity contribution in [3.63, 3.8) is 0 Å². The molecule has 0 radical (unpaired) electrons. The zero-order valence-electron chi connectivity index (χ0n) is 40.3. The lowest BCUT2D eigenvalue weighted by Gasteiger charge is -2.40. The Bertz CT molecular complexity index is 2110. The number of thioether (sulfide) groups is 12. The molecule has 0 saturated heterocycles. The molecule has 338 valence electrons.